The summed E-state index contributed by atoms with van der Waals surface area (Å²) in [4.78, 5) is 24.2. The molecule has 2 N–H and O–H groups in total. The van der Waals surface area contributed by atoms with Gasteiger partial charge in [-0.2, -0.15) is 0 Å². The number of ether oxygens (including phenoxy) is 1. The van der Waals surface area contributed by atoms with E-state index in [1.54, 1.807) is 0 Å². The molecule has 0 fully saturated rings. The number of carbonyl (C=O) groups is 1. The lowest BCUT2D eigenvalue weighted by Gasteiger charge is -2.25. The Kier molecular flexibility index (Phi) is 6.62. The van der Waals surface area contributed by atoms with E-state index in [-0.39, 0.29) is 13.0 Å². The van der Waals surface area contributed by atoms with Crippen LogP contribution >= 0.6 is 0 Å². The number of aromatic nitrogens is 1. The van der Waals surface area contributed by atoms with E-state index in [1.165, 1.54) is 40.5 Å². The molecule has 1 aromatic carbocycles. The van der Waals surface area contributed by atoms with Gasteiger partial charge in [-0.15, -0.1) is 13.2 Å². The van der Waals surface area contributed by atoms with Crippen molar-refractivity contribution < 1.29 is 36.3 Å². The summed E-state index contributed by atoms with van der Waals surface area (Å²) in [6.45, 7) is 1.01. The minimum absolute atomic E-state index is 0.130. The zero-order valence-corrected chi connectivity index (χ0v) is 16.7. The van der Waals surface area contributed by atoms with Crippen molar-refractivity contribution in [3.05, 3.63) is 52.9 Å². The first-order valence-electron chi connectivity index (χ1n) is 8.48. The molecule has 0 aliphatic carbocycles. The molecule has 1 amide bonds. The highest BCUT2D eigenvalue weighted by atomic mass is 32.2. The van der Waals surface area contributed by atoms with Crippen molar-refractivity contribution in [2.75, 3.05) is 6.26 Å². The van der Waals surface area contributed by atoms with Gasteiger partial charge in [-0.05, 0) is 42.7 Å². The number of benzene rings is 1. The molecule has 8 nitrogen and oxygen atoms in total. The highest BCUT2D eigenvalue weighted by molar-refractivity contribution is 7.92. The maximum Gasteiger partial charge on any atom is 0.573 e. The van der Waals surface area contributed by atoms with E-state index in [1.807, 2.05) is 0 Å². The van der Waals surface area contributed by atoms with E-state index in [0.717, 1.165) is 25.3 Å². The van der Waals surface area contributed by atoms with Gasteiger partial charge in [0.15, 0.2) is 14.6 Å². The molecule has 12 heteroatoms. The number of carbonyl (C=O) groups excluding carboxylic acids is 1. The minimum Gasteiger partial charge on any atom is -0.406 e. The number of halogens is 3. The average molecular weight is 448 g/mol. The van der Waals surface area contributed by atoms with E-state index in [0.29, 0.717) is 11.1 Å². The molecule has 0 aliphatic rings. The number of nitrogens with zero attached hydrogens (tertiary/aromatic N) is 1. The van der Waals surface area contributed by atoms with E-state index in [4.69, 9.17) is 5.21 Å². The third-order valence-corrected chi connectivity index (χ3v) is 6.67. The Balaban J connectivity index is 2.21. The Hall–Kier alpha value is -2.86. The van der Waals surface area contributed by atoms with Gasteiger partial charge in [0.1, 0.15) is 5.75 Å². The Morgan fingerprint density at radius 3 is 2.23 bits per heavy atom. The lowest BCUT2D eigenvalue weighted by atomic mass is 10.1. The molecule has 0 aliphatic heterocycles. The monoisotopic (exact) mass is 448 g/mol. The number of pyridine rings is 1. The summed E-state index contributed by atoms with van der Waals surface area (Å²) in [5, 5.41) is 8.83. The number of hydroxylamine groups is 1. The highest BCUT2D eigenvalue weighted by Gasteiger charge is 2.43. The molecule has 1 heterocycles. The molecular formula is C18H19F3N2O6S. The fraction of sp³-hybridized carbons (Fsp3) is 0.333. The van der Waals surface area contributed by atoms with E-state index >= 15 is 0 Å². The van der Waals surface area contributed by atoms with Crippen molar-refractivity contribution in [1.29, 1.82) is 0 Å². The zero-order chi connectivity index (χ0) is 22.7. The lowest BCUT2D eigenvalue weighted by Crippen LogP contribution is -2.49. The summed E-state index contributed by atoms with van der Waals surface area (Å²) in [6, 6.07) is 7.67. The van der Waals surface area contributed by atoms with Crippen LogP contribution in [0.25, 0.3) is 11.1 Å². The molecule has 30 heavy (non-hydrogen) atoms. The van der Waals surface area contributed by atoms with Crippen molar-refractivity contribution in [2.24, 2.45) is 0 Å². The third kappa shape index (κ3) is 5.39. The van der Waals surface area contributed by atoms with Crippen LogP contribution in [0, 0.1) is 0 Å². The number of sulfone groups is 1. The van der Waals surface area contributed by atoms with Crippen LogP contribution in [-0.2, 0) is 21.2 Å². The summed E-state index contributed by atoms with van der Waals surface area (Å²) in [6.07, 6.45) is -2.87. The predicted molar refractivity (Wildman–Crippen MR) is 101 cm³/mol. The van der Waals surface area contributed by atoms with Crippen LogP contribution in [-0.4, -0.2) is 41.5 Å². The maximum atomic E-state index is 12.4. The summed E-state index contributed by atoms with van der Waals surface area (Å²) in [5.74, 6) is -1.52. The van der Waals surface area contributed by atoms with Gasteiger partial charge >= 0.3 is 6.36 Å². The van der Waals surface area contributed by atoms with Gasteiger partial charge in [-0.1, -0.05) is 12.1 Å². The van der Waals surface area contributed by atoms with Crippen LogP contribution in [0.1, 0.15) is 13.3 Å². The van der Waals surface area contributed by atoms with Crippen molar-refractivity contribution in [3.8, 4) is 16.9 Å². The van der Waals surface area contributed by atoms with Gasteiger partial charge in [0.05, 0.1) is 0 Å². The number of nitrogens with one attached hydrogen (secondary N) is 1. The third-order valence-electron chi connectivity index (χ3n) is 4.65. The minimum atomic E-state index is -4.81. The number of hydrogen-bond donors (Lipinski definition) is 2. The predicted octanol–water partition coefficient (Wildman–Crippen LogP) is 2.11. The second kappa shape index (κ2) is 8.48. The van der Waals surface area contributed by atoms with Crippen LogP contribution in [0.5, 0.6) is 5.75 Å². The largest absolute Gasteiger partial charge is 0.573 e. The number of amides is 1. The first-order chi connectivity index (χ1) is 13.8. The molecular weight excluding hydrogens is 429 g/mol. The number of aryl methyl sites for hydroxylation is 1. The second-order valence-electron chi connectivity index (χ2n) is 6.71. The van der Waals surface area contributed by atoms with Gasteiger partial charge in [0, 0.05) is 25.1 Å². The maximum absolute atomic E-state index is 12.4. The first-order valence-corrected chi connectivity index (χ1v) is 10.4. The molecule has 1 aromatic heterocycles. The van der Waals surface area contributed by atoms with Crippen molar-refractivity contribution >= 4 is 15.7 Å². The molecule has 2 rings (SSSR count). The summed E-state index contributed by atoms with van der Waals surface area (Å²) < 4.78 is 63.6. The van der Waals surface area contributed by atoms with Crippen molar-refractivity contribution in [3.63, 3.8) is 0 Å². The summed E-state index contributed by atoms with van der Waals surface area (Å²) in [7, 11) is -3.91. The number of hydrogen-bond acceptors (Lipinski definition) is 6. The Morgan fingerprint density at radius 2 is 1.77 bits per heavy atom. The smallest absolute Gasteiger partial charge is 0.406 e. The standard InChI is InChI=1S/C18H19F3N2O6S/c1-17(16(25)22-26,30(2,27)28)8-10-23-9-7-13(11-15(23)24)12-3-5-14(6-4-12)29-18(19,20)21/h3-7,9,11,26H,8,10H2,1-2H3,(H,22,25). The summed E-state index contributed by atoms with van der Waals surface area (Å²) >= 11 is 0. The van der Waals surface area contributed by atoms with E-state index in [2.05, 4.69) is 4.74 Å². The molecule has 1 unspecified atom stereocenters. The molecule has 0 saturated heterocycles. The molecule has 1 atom stereocenters. The van der Waals surface area contributed by atoms with Gasteiger partial charge in [0.2, 0.25) is 0 Å². The average Bonchev–Trinajstić information content (AvgIpc) is 2.64. The fourth-order valence-electron chi connectivity index (χ4n) is 2.64. The lowest BCUT2D eigenvalue weighted by molar-refractivity contribution is -0.274. The molecule has 2 aromatic rings. The van der Waals surface area contributed by atoms with Gasteiger partial charge < -0.3 is 9.30 Å². The van der Waals surface area contributed by atoms with Crippen LogP contribution in [0.4, 0.5) is 13.2 Å². The number of rotatable bonds is 7. The molecule has 164 valence electrons. The van der Waals surface area contributed by atoms with E-state index < -0.39 is 38.2 Å². The Labute approximate surface area is 169 Å². The van der Waals surface area contributed by atoms with E-state index in [9.17, 15) is 31.2 Å². The van der Waals surface area contributed by atoms with Crippen LogP contribution in [0.2, 0.25) is 0 Å². The molecule has 0 bridgehead atoms. The zero-order valence-electron chi connectivity index (χ0n) is 15.9. The molecule has 0 spiro atoms. The van der Waals surface area contributed by atoms with Crippen LogP contribution in [0.15, 0.2) is 47.4 Å². The van der Waals surface area contributed by atoms with Gasteiger partial charge in [0.25, 0.3) is 11.5 Å². The summed E-state index contributed by atoms with van der Waals surface area (Å²) in [5.41, 5.74) is 1.71. The first kappa shape index (κ1) is 23.4. The quantitative estimate of drug-likeness (QED) is 0.495. The Bertz CT molecular complexity index is 1080. The fourth-order valence-corrected chi connectivity index (χ4v) is 3.48. The topological polar surface area (TPSA) is 115 Å². The number of alkyl halides is 3. The van der Waals surface area contributed by atoms with Crippen molar-refractivity contribution in [2.45, 2.75) is 31.0 Å². The van der Waals surface area contributed by atoms with Crippen LogP contribution < -0.4 is 15.8 Å². The van der Waals surface area contributed by atoms with Crippen molar-refractivity contribution in [1.82, 2.24) is 10.0 Å². The molecule has 0 saturated carbocycles. The second-order valence-corrected chi connectivity index (χ2v) is 9.16. The molecule has 0 radical (unpaired) electrons. The SMILES string of the molecule is CC(CCn1ccc(-c2ccc(OC(F)(F)F)cc2)cc1=O)(C(=O)NO)S(C)(=O)=O. The van der Waals surface area contributed by atoms with Gasteiger partial charge in [-0.3, -0.25) is 14.8 Å². The normalized spacial score (nSPS) is 14.1. The Morgan fingerprint density at radius 1 is 1.17 bits per heavy atom. The van der Waals surface area contributed by atoms with Gasteiger partial charge in [-0.25, -0.2) is 13.9 Å². The van der Waals surface area contributed by atoms with Crippen LogP contribution in [0.3, 0.4) is 0 Å². The highest BCUT2D eigenvalue weighted by Crippen LogP contribution is 2.26.